The highest BCUT2D eigenvalue weighted by Crippen LogP contribution is 2.24. The van der Waals surface area contributed by atoms with Crippen molar-refractivity contribution in [2.24, 2.45) is 0 Å². The first-order chi connectivity index (χ1) is 10.9. The van der Waals surface area contributed by atoms with Crippen LogP contribution < -0.4 is 15.4 Å². The predicted molar refractivity (Wildman–Crippen MR) is 76.2 cm³/mol. The monoisotopic (exact) mass is 331 g/mol. The molecule has 2 N–H and O–H groups in total. The summed E-state index contributed by atoms with van der Waals surface area (Å²) >= 11 is 0. The van der Waals surface area contributed by atoms with Crippen molar-refractivity contribution in [3.63, 3.8) is 0 Å². The summed E-state index contributed by atoms with van der Waals surface area (Å²) in [4.78, 5) is 11.6. The maximum Gasteiger partial charge on any atom is 0.422 e. The standard InChI is InChI=1S/C14H16F3N3O3/c1-22-6-2-5-19-13(21)20-11-3-4-12(10(7-11)8-18)23-9-14(15,16)17/h3-4,7H,2,5-6,9H2,1H3,(H2,19,20,21). The molecule has 0 radical (unpaired) electrons. The number of ether oxygens (including phenoxy) is 2. The lowest BCUT2D eigenvalue weighted by Crippen LogP contribution is -2.30. The van der Waals surface area contributed by atoms with Gasteiger partial charge in [-0.1, -0.05) is 0 Å². The van der Waals surface area contributed by atoms with E-state index in [1.807, 2.05) is 0 Å². The largest absolute Gasteiger partial charge is 0.483 e. The van der Waals surface area contributed by atoms with Crippen LogP contribution in [0.4, 0.5) is 23.7 Å². The number of nitrogens with zero attached hydrogens (tertiary/aromatic N) is 1. The Morgan fingerprint density at radius 1 is 1.39 bits per heavy atom. The van der Waals surface area contributed by atoms with Crippen molar-refractivity contribution in [2.75, 3.05) is 32.2 Å². The molecule has 0 fully saturated rings. The van der Waals surface area contributed by atoms with E-state index in [1.54, 1.807) is 13.2 Å². The number of carbonyl (C=O) groups is 1. The summed E-state index contributed by atoms with van der Waals surface area (Å²) in [6.45, 7) is -0.587. The molecular formula is C14H16F3N3O3. The first-order valence-corrected chi connectivity index (χ1v) is 6.63. The first-order valence-electron chi connectivity index (χ1n) is 6.63. The number of methoxy groups -OCH3 is 1. The minimum atomic E-state index is -4.49. The van der Waals surface area contributed by atoms with Crippen molar-refractivity contribution in [1.82, 2.24) is 5.32 Å². The van der Waals surface area contributed by atoms with Crippen LogP contribution in [0, 0.1) is 11.3 Å². The topological polar surface area (TPSA) is 83.4 Å². The van der Waals surface area contributed by atoms with Crippen LogP contribution in [0.15, 0.2) is 18.2 Å². The van der Waals surface area contributed by atoms with Gasteiger partial charge in [-0.3, -0.25) is 0 Å². The Hall–Kier alpha value is -2.47. The summed E-state index contributed by atoms with van der Waals surface area (Å²) in [5, 5.41) is 14.0. The Morgan fingerprint density at radius 2 is 2.13 bits per heavy atom. The molecule has 0 saturated heterocycles. The smallest absolute Gasteiger partial charge is 0.422 e. The third-order valence-corrected chi connectivity index (χ3v) is 2.56. The van der Waals surface area contributed by atoms with Gasteiger partial charge in [0.25, 0.3) is 0 Å². The molecule has 1 rings (SSSR count). The Bertz CT molecular complexity index is 571. The Balaban J connectivity index is 2.61. The molecule has 0 aliphatic carbocycles. The van der Waals surface area contributed by atoms with E-state index in [1.165, 1.54) is 18.2 Å². The molecule has 0 unspecified atom stereocenters. The van der Waals surface area contributed by atoms with Gasteiger partial charge in [0.15, 0.2) is 6.61 Å². The van der Waals surface area contributed by atoms with Gasteiger partial charge in [-0.25, -0.2) is 4.79 Å². The van der Waals surface area contributed by atoms with Gasteiger partial charge in [-0.15, -0.1) is 0 Å². The van der Waals surface area contributed by atoms with Gasteiger partial charge >= 0.3 is 12.2 Å². The van der Waals surface area contributed by atoms with Gasteiger partial charge in [-0.2, -0.15) is 18.4 Å². The molecule has 0 aliphatic rings. The van der Waals surface area contributed by atoms with Crippen molar-refractivity contribution in [3.05, 3.63) is 23.8 Å². The van der Waals surface area contributed by atoms with E-state index < -0.39 is 18.8 Å². The molecule has 0 heterocycles. The number of amides is 2. The van der Waals surface area contributed by atoms with E-state index in [0.29, 0.717) is 19.6 Å². The first kappa shape index (κ1) is 18.6. The highest BCUT2D eigenvalue weighted by molar-refractivity contribution is 5.89. The number of urea groups is 1. The normalized spacial score (nSPS) is 10.7. The second kappa shape index (κ2) is 8.85. The lowest BCUT2D eigenvalue weighted by atomic mass is 10.2. The molecule has 1 aromatic rings. The van der Waals surface area contributed by atoms with Crippen LogP contribution in [0.2, 0.25) is 0 Å². The Morgan fingerprint density at radius 3 is 2.74 bits per heavy atom. The highest BCUT2D eigenvalue weighted by Gasteiger charge is 2.28. The summed E-state index contributed by atoms with van der Waals surface area (Å²) in [5.41, 5.74) is 0.164. The lowest BCUT2D eigenvalue weighted by Gasteiger charge is -2.12. The minimum Gasteiger partial charge on any atom is -0.483 e. The van der Waals surface area contributed by atoms with Crippen LogP contribution in [0.25, 0.3) is 0 Å². The number of hydrogen-bond acceptors (Lipinski definition) is 4. The molecule has 126 valence electrons. The molecule has 1 aromatic carbocycles. The lowest BCUT2D eigenvalue weighted by molar-refractivity contribution is -0.153. The number of hydrogen-bond donors (Lipinski definition) is 2. The maximum atomic E-state index is 12.1. The Kier molecular flexibility index (Phi) is 7.15. The highest BCUT2D eigenvalue weighted by atomic mass is 19.4. The summed E-state index contributed by atoms with van der Waals surface area (Å²) in [6, 6.07) is 5.02. The number of rotatable bonds is 7. The van der Waals surface area contributed by atoms with E-state index in [4.69, 9.17) is 10.00 Å². The van der Waals surface area contributed by atoms with E-state index in [0.717, 1.165) is 0 Å². The molecule has 9 heteroatoms. The van der Waals surface area contributed by atoms with E-state index in [-0.39, 0.29) is 17.0 Å². The zero-order chi connectivity index (χ0) is 17.3. The summed E-state index contributed by atoms with van der Waals surface area (Å²) in [5.74, 6) is -0.198. The van der Waals surface area contributed by atoms with Crippen molar-refractivity contribution >= 4 is 11.7 Å². The number of anilines is 1. The zero-order valence-corrected chi connectivity index (χ0v) is 12.4. The van der Waals surface area contributed by atoms with Crippen molar-refractivity contribution in [1.29, 1.82) is 5.26 Å². The number of carbonyl (C=O) groups excluding carboxylic acids is 1. The van der Waals surface area contributed by atoms with Gasteiger partial charge in [0.1, 0.15) is 11.8 Å². The third kappa shape index (κ3) is 7.37. The van der Waals surface area contributed by atoms with Gasteiger partial charge in [0.05, 0.1) is 5.56 Å². The number of alkyl halides is 3. The van der Waals surface area contributed by atoms with Gasteiger partial charge in [0.2, 0.25) is 0 Å². The zero-order valence-electron chi connectivity index (χ0n) is 12.4. The van der Waals surface area contributed by atoms with Crippen LogP contribution >= 0.6 is 0 Å². The fourth-order valence-corrected chi connectivity index (χ4v) is 1.57. The number of benzene rings is 1. The van der Waals surface area contributed by atoms with Crippen LogP contribution in [-0.2, 0) is 4.74 Å². The molecule has 0 aliphatic heterocycles. The van der Waals surface area contributed by atoms with Crippen LogP contribution in [0.1, 0.15) is 12.0 Å². The molecule has 0 bridgehead atoms. The molecule has 0 atom stereocenters. The van der Waals surface area contributed by atoms with E-state index in [9.17, 15) is 18.0 Å². The summed E-state index contributed by atoms with van der Waals surface area (Å²) in [7, 11) is 1.55. The minimum absolute atomic E-state index is 0.105. The number of nitriles is 1. The molecule has 0 spiro atoms. The average Bonchev–Trinajstić information content (AvgIpc) is 2.49. The fraction of sp³-hybridized carbons (Fsp3) is 0.429. The fourth-order valence-electron chi connectivity index (χ4n) is 1.57. The quantitative estimate of drug-likeness (QED) is 0.753. The second-order valence-corrected chi connectivity index (χ2v) is 4.45. The van der Waals surface area contributed by atoms with Crippen molar-refractivity contribution in [3.8, 4) is 11.8 Å². The van der Waals surface area contributed by atoms with Crippen LogP contribution in [0.3, 0.4) is 0 Å². The molecular weight excluding hydrogens is 315 g/mol. The second-order valence-electron chi connectivity index (χ2n) is 4.45. The van der Waals surface area contributed by atoms with Gasteiger partial charge in [-0.05, 0) is 24.6 Å². The molecule has 23 heavy (non-hydrogen) atoms. The summed E-state index contributed by atoms with van der Waals surface area (Å²) in [6.07, 6.45) is -3.86. The van der Waals surface area contributed by atoms with E-state index in [2.05, 4.69) is 15.4 Å². The average molecular weight is 331 g/mol. The Labute approximate surface area is 131 Å². The van der Waals surface area contributed by atoms with Gasteiger partial charge < -0.3 is 20.1 Å². The van der Waals surface area contributed by atoms with Crippen molar-refractivity contribution in [2.45, 2.75) is 12.6 Å². The van der Waals surface area contributed by atoms with Crippen molar-refractivity contribution < 1.29 is 27.4 Å². The van der Waals surface area contributed by atoms with Crippen LogP contribution in [0.5, 0.6) is 5.75 Å². The molecule has 0 saturated carbocycles. The number of nitrogens with one attached hydrogen (secondary N) is 2. The van der Waals surface area contributed by atoms with Crippen LogP contribution in [-0.4, -0.2) is 39.1 Å². The number of halogens is 3. The predicted octanol–water partition coefficient (Wildman–Crippen LogP) is 2.66. The molecule has 2 amide bonds. The third-order valence-electron chi connectivity index (χ3n) is 2.56. The van der Waals surface area contributed by atoms with E-state index >= 15 is 0 Å². The molecule has 0 aromatic heterocycles. The maximum absolute atomic E-state index is 12.1. The SMILES string of the molecule is COCCCNC(=O)Nc1ccc(OCC(F)(F)F)c(C#N)c1. The summed E-state index contributed by atoms with van der Waals surface area (Å²) < 4.78 is 45.7. The van der Waals surface area contributed by atoms with Gasteiger partial charge in [0, 0.05) is 25.9 Å². The molecule has 6 nitrogen and oxygen atoms in total.